The molecule has 1 amide bonds. The normalized spacial score (nSPS) is 10.3. The Bertz CT molecular complexity index is 554. The first-order valence-corrected chi connectivity index (χ1v) is 6.42. The van der Waals surface area contributed by atoms with Crippen molar-refractivity contribution < 1.29 is 9.21 Å². The molecule has 0 aliphatic heterocycles. The van der Waals surface area contributed by atoms with E-state index in [2.05, 4.69) is 15.5 Å². The van der Waals surface area contributed by atoms with Crippen molar-refractivity contribution in [2.75, 3.05) is 12.8 Å². The molecule has 0 spiro atoms. The summed E-state index contributed by atoms with van der Waals surface area (Å²) in [4.78, 5) is 11.1. The lowest BCUT2D eigenvalue weighted by Crippen LogP contribution is -2.19. The SMILES string of the molecule is CNC(=O)CSc1nnc(-c2ccccc2C)o1. The molecule has 0 aliphatic carbocycles. The fraction of sp³-hybridized carbons (Fsp3) is 0.250. The van der Waals surface area contributed by atoms with Crippen LogP contribution in [0.4, 0.5) is 0 Å². The Hall–Kier alpha value is -1.82. The molecule has 6 heteroatoms. The zero-order valence-electron chi connectivity index (χ0n) is 10.1. The van der Waals surface area contributed by atoms with Crippen LogP contribution in [0.1, 0.15) is 5.56 Å². The van der Waals surface area contributed by atoms with Crippen molar-refractivity contribution in [1.82, 2.24) is 15.5 Å². The summed E-state index contributed by atoms with van der Waals surface area (Å²) in [6.45, 7) is 1.98. The number of hydrogen-bond acceptors (Lipinski definition) is 5. The highest BCUT2D eigenvalue weighted by molar-refractivity contribution is 7.99. The molecular weight excluding hydrogens is 250 g/mol. The van der Waals surface area contributed by atoms with E-state index in [1.54, 1.807) is 7.05 Å². The van der Waals surface area contributed by atoms with Gasteiger partial charge in [0.1, 0.15) is 0 Å². The number of nitrogens with zero attached hydrogens (tertiary/aromatic N) is 2. The number of carbonyl (C=O) groups excluding carboxylic acids is 1. The second kappa shape index (κ2) is 5.68. The average Bonchev–Trinajstić information content (AvgIpc) is 2.85. The first-order chi connectivity index (χ1) is 8.70. The van der Waals surface area contributed by atoms with E-state index >= 15 is 0 Å². The maximum atomic E-state index is 11.1. The van der Waals surface area contributed by atoms with Crippen molar-refractivity contribution in [2.24, 2.45) is 0 Å². The Morgan fingerprint density at radius 2 is 2.17 bits per heavy atom. The van der Waals surface area contributed by atoms with Gasteiger partial charge in [0.15, 0.2) is 0 Å². The molecule has 1 N–H and O–H groups in total. The summed E-state index contributed by atoms with van der Waals surface area (Å²) in [5.41, 5.74) is 1.99. The molecular formula is C12H13N3O2S. The van der Waals surface area contributed by atoms with Crippen LogP contribution < -0.4 is 5.32 Å². The molecule has 18 heavy (non-hydrogen) atoms. The number of aromatic nitrogens is 2. The van der Waals surface area contributed by atoms with E-state index in [4.69, 9.17) is 4.42 Å². The van der Waals surface area contributed by atoms with Crippen LogP contribution in [-0.4, -0.2) is 28.9 Å². The lowest BCUT2D eigenvalue weighted by atomic mass is 10.1. The lowest BCUT2D eigenvalue weighted by molar-refractivity contribution is -0.118. The monoisotopic (exact) mass is 263 g/mol. The smallest absolute Gasteiger partial charge is 0.277 e. The molecule has 1 aromatic carbocycles. The topological polar surface area (TPSA) is 68.0 Å². The van der Waals surface area contributed by atoms with Gasteiger partial charge >= 0.3 is 0 Å². The summed E-state index contributed by atoms with van der Waals surface area (Å²) < 4.78 is 5.51. The summed E-state index contributed by atoms with van der Waals surface area (Å²) in [5, 5.41) is 10.8. The summed E-state index contributed by atoms with van der Waals surface area (Å²) >= 11 is 1.22. The molecule has 0 saturated heterocycles. The van der Waals surface area contributed by atoms with Gasteiger partial charge in [-0.15, -0.1) is 10.2 Å². The Morgan fingerprint density at radius 1 is 1.39 bits per heavy atom. The van der Waals surface area contributed by atoms with E-state index in [0.29, 0.717) is 11.1 Å². The predicted molar refractivity (Wildman–Crippen MR) is 69.3 cm³/mol. The van der Waals surface area contributed by atoms with E-state index in [-0.39, 0.29) is 11.7 Å². The second-order valence-electron chi connectivity index (χ2n) is 3.65. The number of aryl methyl sites for hydroxylation is 1. The van der Waals surface area contributed by atoms with E-state index in [9.17, 15) is 4.79 Å². The number of carbonyl (C=O) groups is 1. The molecule has 2 aromatic rings. The van der Waals surface area contributed by atoms with Gasteiger partial charge in [0.2, 0.25) is 11.8 Å². The number of benzene rings is 1. The molecule has 5 nitrogen and oxygen atoms in total. The zero-order chi connectivity index (χ0) is 13.0. The van der Waals surface area contributed by atoms with Crippen molar-refractivity contribution in [2.45, 2.75) is 12.1 Å². The van der Waals surface area contributed by atoms with Gasteiger partial charge < -0.3 is 9.73 Å². The van der Waals surface area contributed by atoms with Gasteiger partial charge in [0, 0.05) is 12.6 Å². The highest BCUT2D eigenvalue weighted by Gasteiger charge is 2.11. The summed E-state index contributed by atoms with van der Waals surface area (Å²) in [7, 11) is 1.59. The van der Waals surface area contributed by atoms with Crippen molar-refractivity contribution in [1.29, 1.82) is 0 Å². The number of rotatable bonds is 4. The largest absolute Gasteiger partial charge is 0.411 e. The third-order valence-corrected chi connectivity index (χ3v) is 3.21. The molecule has 0 atom stereocenters. The van der Waals surface area contributed by atoms with Gasteiger partial charge in [0.25, 0.3) is 5.22 Å². The minimum absolute atomic E-state index is 0.0735. The van der Waals surface area contributed by atoms with Crippen molar-refractivity contribution in [3.05, 3.63) is 29.8 Å². The first kappa shape index (κ1) is 12.6. The van der Waals surface area contributed by atoms with E-state index < -0.39 is 0 Å². The summed E-state index contributed by atoms with van der Waals surface area (Å²) in [6.07, 6.45) is 0. The maximum absolute atomic E-state index is 11.1. The summed E-state index contributed by atoms with van der Waals surface area (Å²) in [6, 6.07) is 7.78. The van der Waals surface area contributed by atoms with E-state index in [0.717, 1.165) is 11.1 Å². The Labute approximate surface area is 109 Å². The minimum atomic E-state index is -0.0735. The first-order valence-electron chi connectivity index (χ1n) is 5.43. The molecule has 0 unspecified atom stereocenters. The maximum Gasteiger partial charge on any atom is 0.277 e. The van der Waals surface area contributed by atoms with Gasteiger partial charge in [-0.25, -0.2) is 0 Å². The fourth-order valence-electron chi connectivity index (χ4n) is 1.39. The third-order valence-electron chi connectivity index (χ3n) is 2.39. The van der Waals surface area contributed by atoms with Crippen LogP contribution in [0.25, 0.3) is 11.5 Å². The lowest BCUT2D eigenvalue weighted by Gasteiger charge is -1.98. The highest BCUT2D eigenvalue weighted by Crippen LogP contribution is 2.25. The van der Waals surface area contributed by atoms with E-state index in [1.165, 1.54) is 11.8 Å². The highest BCUT2D eigenvalue weighted by atomic mass is 32.2. The Morgan fingerprint density at radius 3 is 2.89 bits per heavy atom. The van der Waals surface area contributed by atoms with Crippen molar-refractivity contribution in [3.8, 4) is 11.5 Å². The predicted octanol–water partition coefficient (Wildman–Crippen LogP) is 1.88. The van der Waals surface area contributed by atoms with E-state index in [1.807, 2.05) is 31.2 Å². The van der Waals surface area contributed by atoms with Gasteiger partial charge in [-0.1, -0.05) is 30.0 Å². The Balaban J connectivity index is 2.11. The second-order valence-corrected chi connectivity index (χ2v) is 4.58. The third kappa shape index (κ3) is 2.89. The van der Waals surface area contributed by atoms with Gasteiger partial charge in [0.05, 0.1) is 5.75 Å². The van der Waals surface area contributed by atoms with Gasteiger partial charge in [-0.05, 0) is 18.6 Å². The van der Waals surface area contributed by atoms with Crippen molar-refractivity contribution in [3.63, 3.8) is 0 Å². The molecule has 94 valence electrons. The van der Waals surface area contributed by atoms with Crippen LogP contribution >= 0.6 is 11.8 Å². The van der Waals surface area contributed by atoms with Crippen LogP contribution in [0.5, 0.6) is 0 Å². The van der Waals surface area contributed by atoms with Crippen LogP contribution in [0, 0.1) is 6.92 Å². The Kier molecular flexibility index (Phi) is 3.99. The number of thioether (sulfide) groups is 1. The quantitative estimate of drug-likeness (QED) is 0.853. The van der Waals surface area contributed by atoms with Gasteiger partial charge in [-0.3, -0.25) is 4.79 Å². The average molecular weight is 263 g/mol. The standard InChI is InChI=1S/C12H13N3O2S/c1-8-5-3-4-6-9(8)11-14-15-12(17-11)18-7-10(16)13-2/h3-6H,7H2,1-2H3,(H,13,16). The van der Waals surface area contributed by atoms with Crippen molar-refractivity contribution >= 4 is 17.7 Å². The number of nitrogens with one attached hydrogen (secondary N) is 1. The number of amides is 1. The molecule has 1 heterocycles. The molecule has 0 bridgehead atoms. The van der Waals surface area contributed by atoms with Crippen LogP contribution in [-0.2, 0) is 4.79 Å². The number of hydrogen-bond donors (Lipinski definition) is 1. The molecule has 2 rings (SSSR count). The molecule has 0 fully saturated rings. The molecule has 0 saturated carbocycles. The molecule has 0 radical (unpaired) electrons. The van der Waals surface area contributed by atoms with Crippen LogP contribution in [0.15, 0.2) is 33.9 Å². The summed E-state index contributed by atoms with van der Waals surface area (Å²) in [5.74, 6) is 0.675. The minimum Gasteiger partial charge on any atom is -0.411 e. The van der Waals surface area contributed by atoms with Crippen LogP contribution in [0.2, 0.25) is 0 Å². The van der Waals surface area contributed by atoms with Gasteiger partial charge in [-0.2, -0.15) is 0 Å². The van der Waals surface area contributed by atoms with Crippen LogP contribution in [0.3, 0.4) is 0 Å². The zero-order valence-corrected chi connectivity index (χ0v) is 11.0. The molecule has 1 aromatic heterocycles. The molecule has 0 aliphatic rings. The fourth-order valence-corrected chi connectivity index (χ4v) is 2.02.